The lowest BCUT2D eigenvalue weighted by atomic mass is 10.00. The van der Waals surface area contributed by atoms with Gasteiger partial charge in [-0.3, -0.25) is 0 Å². The molecule has 3 aromatic rings. The minimum Gasteiger partial charge on any atom is -0.372 e. The van der Waals surface area contributed by atoms with E-state index in [1.54, 1.807) is 0 Å². The smallest absolute Gasteiger partial charge is 0.164 e. The quantitative estimate of drug-likeness (QED) is 0.388. The minimum absolute atomic E-state index is 0.0416. The van der Waals surface area contributed by atoms with Gasteiger partial charge in [-0.25, -0.2) is 20.0 Å². The second-order valence-electron chi connectivity index (χ2n) is 10.8. The first kappa shape index (κ1) is 25.8. The van der Waals surface area contributed by atoms with E-state index in [2.05, 4.69) is 57.3 Å². The lowest BCUT2D eigenvalue weighted by Gasteiger charge is -2.14. The highest BCUT2D eigenvalue weighted by atomic mass is 16.5. The zero-order valence-corrected chi connectivity index (χ0v) is 23.8. The summed E-state index contributed by atoms with van der Waals surface area (Å²) < 4.78 is 12.0. The molecule has 0 radical (unpaired) electrons. The number of benzene rings is 1. The van der Waals surface area contributed by atoms with Crippen LogP contribution in [0.1, 0.15) is 94.8 Å². The standard InChI is InChI=1S/C32H37N5O2/c1-7-38-25-11-9-21-19(5)15-27(33-29(21)25)35-31-23-13-17(3)18(4)14-24(23)32(37-31)36-28-16-20(6)22-10-12-26(39-8-2)30(22)34-28/h13-16,25-26H,7-12H2,1-6H3,(H,33,34,35,36,37)/t25-,26-/m0/s1. The van der Waals surface area contributed by atoms with Crippen LogP contribution in [0.25, 0.3) is 0 Å². The van der Waals surface area contributed by atoms with Crippen LogP contribution < -0.4 is 5.32 Å². The predicted molar refractivity (Wildman–Crippen MR) is 156 cm³/mol. The molecule has 1 N–H and O–H groups in total. The molecule has 0 unspecified atom stereocenters. The van der Waals surface area contributed by atoms with E-state index < -0.39 is 0 Å². The first-order valence-electron chi connectivity index (χ1n) is 14.2. The summed E-state index contributed by atoms with van der Waals surface area (Å²) in [7, 11) is 0. The zero-order chi connectivity index (χ0) is 27.3. The van der Waals surface area contributed by atoms with E-state index in [-0.39, 0.29) is 12.2 Å². The Labute approximate surface area is 230 Å². The fraction of sp³-hybridized carbons (Fsp3) is 0.438. The minimum atomic E-state index is 0.0416. The Morgan fingerprint density at radius 2 is 1.36 bits per heavy atom. The lowest BCUT2D eigenvalue weighted by Crippen LogP contribution is -2.15. The van der Waals surface area contributed by atoms with E-state index in [0.29, 0.717) is 24.9 Å². The monoisotopic (exact) mass is 523 g/mol. The van der Waals surface area contributed by atoms with Crippen LogP contribution in [0, 0.1) is 27.7 Å². The van der Waals surface area contributed by atoms with Crippen molar-refractivity contribution in [3.8, 4) is 0 Å². The first-order chi connectivity index (χ1) is 18.9. The Bertz CT molecular complexity index is 1520. The van der Waals surface area contributed by atoms with Crippen molar-refractivity contribution in [3.05, 3.63) is 80.2 Å². The Hall–Kier alpha value is -3.42. The molecule has 1 aromatic carbocycles. The number of anilines is 1. The fourth-order valence-corrected chi connectivity index (χ4v) is 6.12. The molecule has 2 aromatic heterocycles. The van der Waals surface area contributed by atoms with Crippen molar-refractivity contribution < 1.29 is 9.47 Å². The van der Waals surface area contributed by atoms with Crippen molar-refractivity contribution in [2.45, 2.75) is 79.4 Å². The Balaban J connectivity index is 1.39. The Kier molecular flexibility index (Phi) is 6.81. The number of hydrogen-bond donors (Lipinski definition) is 1. The summed E-state index contributed by atoms with van der Waals surface area (Å²) in [5, 5.41) is 3.53. The molecule has 1 aliphatic heterocycles. The molecule has 3 heterocycles. The molecular weight excluding hydrogens is 486 g/mol. The van der Waals surface area contributed by atoms with E-state index in [1.165, 1.54) is 33.4 Å². The number of fused-ring (bicyclic) bond motifs is 3. The first-order valence-corrected chi connectivity index (χ1v) is 14.2. The van der Waals surface area contributed by atoms with Gasteiger partial charge in [0.1, 0.15) is 23.9 Å². The van der Waals surface area contributed by atoms with Crippen LogP contribution in [0.3, 0.4) is 0 Å². The average molecular weight is 524 g/mol. The maximum atomic E-state index is 5.99. The van der Waals surface area contributed by atoms with Gasteiger partial charge < -0.3 is 14.8 Å². The van der Waals surface area contributed by atoms with Crippen LogP contribution >= 0.6 is 0 Å². The summed E-state index contributed by atoms with van der Waals surface area (Å²) >= 11 is 0. The SMILES string of the molecule is CCO[C@H]1CCc2c(C)cc(N=C3N=C(Nc4cc(C)c5c(n4)[C@@H](OCC)CC5)c4cc(C)c(C)cc43)nc21. The van der Waals surface area contributed by atoms with Gasteiger partial charge in [0.05, 0.1) is 11.4 Å². The molecule has 39 heavy (non-hydrogen) atoms. The van der Waals surface area contributed by atoms with Crippen LogP contribution in [-0.2, 0) is 22.3 Å². The fourth-order valence-electron chi connectivity index (χ4n) is 6.12. The molecule has 202 valence electrons. The third-order valence-corrected chi connectivity index (χ3v) is 8.22. The molecule has 2 atom stereocenters. The van der Waals surface area contributed by atoms with Crippen LogP contribution in [0.4, 0.5) is 11.6 Å². The maximum Gasteiger partial charge on any atom is 0.164 e. The number of rotatable bonds is 6. The molecule has 0 bridgehead atoms. The highest BCUT2D eigenvalue weighted by Gasteiger charge is 2.29. The van der Waals surface area contributed by atoms with Crippen molar-refractivity contribution in [3.63, 3.8) is 0 Å². The highest BCUT2D eigenvalue weighted by molar-refractivity contribution is 6.26. The molecule has 2 aliphatic carbocycles. The Morgan fingerprint density at radius 1 is 0.769 bits per heavy atom. The number of nitrogens with zero attached hydrogens (tertiary/aromatic N) is 4. The molecule has 7 heteroatoms. The molecule has 3 aliphatic rings. The second kappa shape index (κ2) is 10.3. The lowest BCUT2D eigenvalue weighted by molar-refractivity contribution is 0.0613. The molecule has 0 saturated heterocycles. The molecule has 0 saturated carbocycles. The number of pyridine rings is 2. The van der Waals surface area contributed by atoms with Gasteiger partial charge in [0.25, 0.3) is 0 Å². The van der Waals surface area contributed by atoms with Crippen molar-refractivity contribution in [2.24, 2.45) is 9.98 Å². The number of nitrogens with one attached hydrogen (secondary N) is 1. The summed E-state index contributed by atoms with van der Waals surface area (Å²) in [5.74, 6) is 2.88. The normalized spacial score (nSPS) is 20.3. The summed E-state index contributed by atoms with van der Waals surface area (Å²) in [6, 6.07) is 8.55. The van der Waals surface area contributed by atoms with Crippen molar-refractivity contribution >= 4 is 23.3 Å². The second-order valence-corrected chi connectivity index (χ2v) is 10.8. The Morgan fingerprint density at radius 3 is 2.00 bits per heavy atom. The van der Waals surface area contributed by atoms with E-state index >= 15 is 0 Å². The predicted octanol–water partition coefficient (Wildman–Crippen LogP) is 6.71. The molecule has 0 spiro atoms. The summed E-state index contributed by atoms with van der Waals surface area (Å²) in [6.07, 6.45) is 4.06. The van der Waals surface area contributed by atoms with Gasteiger partial charge in [-0.15, -0.1) is 0 Å². The van der Waals surface area contributed by atoms with Gasteiger partial charge in [-0.2, -0.15) is 0 Å². The molecule has 0 amide bonds. The number of aromatic nitrogens is 2. The third-order valence-electron chi connectivity index (χ3n) is 8.22. The summed E-state index contributed by atoms with van der Waals surface area (Å²) in [6.45, 7) is 14.0. The van der Waals surface area contributed by atoms with Gasteiger partial charge in [-0.05, 0) is 125 Å². The summed E-state index contributed by atoms with van der Waals surface area (Å²) in [5.41, 5.74) is 11.6. The van der Waals surface area contributed by atoms with Crippen LogP contribution in [-0.4, -0.2) is 34.9 Å². The zero-order valence-electron chi connectivity index (χ0n) is 23.8. The van der Waals surface area contributed by atoms with Gasteiger partial charge in [0.2, 0.25) is 0 Å². The molecule has 0 fully saturated rings. The number of amidine groups is 2. The van der Waals surface area contributed by atoms with E-state index in [9.17, 15) is 0 Å². The van der Waals surface area contributed by atoms with E-state index in [0.717, 1.165) is 59.9 Å². The maximum absolute atomic E-state index is 5.99. The van der Waals surface area contributed by atoms with Gasteiger partial charge in [0, 0.05) is 24.3 Å². The summed E-state index contributed by atoms with van der Waals surface area (Å²) in [4.78, 5) is 19.9. The van der Waals surface area contributed by atoms with Crippen molar-refractivity contribution in [2.75, 3.05) is 18.5 Å². The number of hydrogen-bond acceptors (Lipinski definition) is 6. The molecular formula is C32H37N5O2. The van der Waals surface area contributed by atoms with Gasteiger partial charge in [-0.1, -0.05) is 0 Å². The van der Waals surface area contributed by atoms with Gasteiger partial charge >= 0.3 is 0 Å². The molecule has 6 rings (SSSR count). The van der Waals surface area contributed by atoms with Crippen LogP contribution in [0.5, 0.6) is 0 Å². The third kappa shape index (κ3) is 4.68. The van der Waals surface area contributed by atoms with Gasteiger partial charge in [0.15, 0.2) is 11.7 Å². The van der Waals surface area contributed by atoms with E-state index in [1.807, 2.05) is 13.8 Å². The number of aryl methyl sites for hydroxylation is 4. The van der Waals surface area contributed by atoms with Crippen LogP contribution in [0.2, 0.25) is 0 Å². The average Bonchev–Trinajstić information content (AvgIpc) is 3.58. The molecule has 7 nitrogen and oxygen atoms in total. The van der Waals surface area contributed by atoms with Crippen molar-refractivity contribution in [1.82, 2.24) is 9.97 Å². The largest absolute Gasteiger partial charge is 0.372 e. The number of ether oxygens (including phenoxy) is 2. The topological polar surface area (TPSA) is 81.0 Å². The number of aliphatic imine (C=N–C) groups is 2. The van der Waals surface area contributed by atoms with Crippen LogP contribution in [0.15, 0.2) is 34.3 Å². The van der Waals surface area contributed by atoms with Crippen molar-refractivity contribution in [1.29, 1.82) is 0 Å². The van der Waals surface area contributed by atoms with E-state index in [4.69, 9.17) is 29.4 Å². The highest BCUT2D eigenvalue weighted by Crippen LogP contribution is 2.38.